The minimum absolute atomic E-state index is 0.563. The number of rotatable bonds is 8. The van der Waals surface area contributed by atoms with E-state index in [1.807, 2.05) is 6.07 Å². The van der Waals surface area contributed by atoms with Gasteiger partial charge in [-0.1, -0.05) is 12.1 Å². The average molecular weight is 315 g/mol. The van der Waals surface area contributed by atoms with Gasteiger partial charge in [-0.2, -0.15) is 0 Å². The minimum atomic E-state index is 0.563. The van der Waals surface area contributed by atoms with Gasteiger partial charge in [0.15, 0.2) is 11.6 Å². The van der Waals surface area contributed by atoms with Gasteiger partial charge in [-0.15, -0.1) is 0 Å². The zero-order chi connectivity index (χ0) is 16.7. The molecule has 0 saturated heterocycles. The molecule has 0 amide bonds. The van der Waals surface area contributed by atoms with Gasteiger partial charge in [-0.3, -0.25) is 0 Å². The first-order chi connectivity index (χ1) is 11.2. The van der Waals surface area contributed by atoms with Gasteiger partial charge < -0.3 is 20.7 Å². The molecule has 1 aromatic carbocycles. The van der Waals surface area contributed by atoms with Crippen molar-refractivity contribution in [3.8, 4) is 0 Å². The van der Waals surface area contributed by atoms with Crippen LogP contribution in [0.3, 0.4) is 0 Å². The molecule has 0 spiro atoms. The van der Waals surface area contributed by atoms with Crippen molar-refractivity contribution in [2.75, 3.05) is 42.8 Å². The number of methoxy groups -OCH3 is 1. The van der Waals surface area contributed by atoms with Crippen LogP contribution < -0.4 is 16.0 Å². The Morgan fingerprint density at radius 3 is 2.83 bits per heavy atom. The third-order valence-corrected chi connectivity index (χ3v) is 3.57. The standard InChI is InChI=1S/C17H25N5O/c1-4-22(14-8-5-7-13(2)11-14)17-15(18)16(20-12-21-17)19-9-6-10-23-3/h5,7-8,11-12H,4,6,9-10,18H2,1-3H3,(H,19,20,21). The van der Waals surface area contributed by atoms with Crippen LogP contribution in [0.2, 0.25) is 0 Å². The fourth-order valence-electron chi connectivity index (χ4n) is 2.42. The summed E-state index contributed by atoms with van der Waals surface area (Å²) < 4.78 is 5.05. The minimum Gasteiger partial charge on any atom is -0.393 e. The van der Waals surface area contributed by atoms with E-state index in [-0.39, 0.29) is 0 Å². The molecule has 2 rings (SSSR count). The maximum absolute atomic E-state index is 6.29. The fourth-order valence-corrected chi connectivity index (χ4v) is 2.42. The number of nitrogens with one attached hydrogen (secondary N) is 1. The molecule has 0 unspecified atom stereocenters. The third-order valence-electron chi connectivity index (χ3n) is 3.57. The highest BCUT2D eigenvalue weighted by Gasteiger charge is 2.15. The van der Waals surface area contributed by atoms with Crippen LogP contribution in [0.15, 0.2) is 30.6 Å². The number of aromatic nitrogens is 2. The number of hydrogen-bond donors (Lipinski definition) is 2. The third kappa shape index (κ3) is 4.32. The number of hydrogen-bond acceptors (Lipinski definition) is 6. The lowest BCUT2D eigenvalue weighted by Crippen LogP contribution is -2.20. The van der Waals surface area contributed by atoms with Gasteiger partial charge in [-0.25, -0.2) is 9.97 Å². The Bertz CT molecular complexity index is 632. The number of nitrogens with two attached hydrogens (primary N) is 1. The number of ether oxygens (including phenoxy) is 1. The van der Waals surface area contributed by atoms with Crippen molar-refractivity contribution >= 4 is 23.0 Å². The zero-order valence-electron chi connectivity index (χ0n) is 14.0. The SMILES string of the molecule is CCN(c1cccc(C)c1)c1ncnc(NCCCOC)c1N. The highest BCUT2D eigenvalue weighted by molar-refractivity contribution is 5.79. The van der Waals surface area contributed by atoms with Crippen LogP contribution >= 0.6 is 0 Å². The second-order valence-electron chi connectivity index (χ2n) is 5.32. The van der Waals surface area contributed by atoms with Crippen LogP contribution in [0.1, 0.15) is 18.9 Å². The van der Waals surface area contributed by atoms with E-state index in [9.17, 15) is 0 Å². The zero-order valence-corrected chi connectivity index (χ0v) is 14.0. The summed E-state index contributed by atoms with van der Waals surface area (Å²) in [6.45, 7) is 6.38. The van der Waals surface area contributed by atoms with Gasteiger partial charge in [0.1, 0.15) is 12.0 Å². The first kappa shape index (κ1) is 17.0. The van der Waals surface area contributed by atoms with Crippen molar-refractivity contribution in [3.05, 3.63) is 36.2 Å². The smallest absolute Gasteiger partial charge is 0.161 e. The van der Waals surface area contributed by atoms with E-state index in [1.54, 1.807) is 13.4 Å². The van der Waals surface area contributed by atoms with Crippen molar-refractivity contribution in [2.45, 2.75) is 20.3 Å². The predicted molar refractivity (Wildman–Crippen MR) is 95.3 cm³/mol. The first-order valence-corrected chi connectivity index (χ1v) is 7.84. The van der Waals surface area contributed by atoms with Gasteiger partial charge in [-0.05, 0) is 38.0 Å². The monoisotopic (exact) mass is 315 g/mol. The van der Waals surface area contributed by atoms with Gasteiger partial charge in [0.25, 0.3) is 0 Å². The fraction of sp³-hybridized carbons (Fsp3) is 0.412. The number of benzene rings is 1. The summed E-state index contributed by atoms with van der Waals surface area (Å²) in [6, 6.07) is 8.29. The van der Waals surface area contributed by atoms with Crippen LogP contribution in [0.4, 0.5) is 23.0 Å². The number of nitrogen functional groups attached to an aromatic ring is 1. The molecule has 0 aliphatic rings. The maximum atomic E-state index is 6.29. The Morgan fingerprint density at radius 1 is 1.30 bits per heavy atom. The Balaban J connectivity index is 2.23. The lowest BCUT2D eigenvalue weighted by atomic mass is 10.2. The quantitative estimate of drug-likeness (QED) is 0.729. The predicted octanol–water partition coefficient (Wildman–Crippen LogP) is 2.97. The van der Waals surface area contributed by atoms with Crippen molar-refractivity contribution in [1.82, 2.24) is 9.97 Å². The van der Waals surface area contributed by atoms with Crippen molar-refractivity contribution in [1.29, 1.82) is 0 Å². The summed E-state index contributed by atoms with van der Waals surface area (Å²) in [5.41, 5.74) is 9.13. The van der Waals surface area contributed by atoms with E-state index in [0.717, 1.165) is 31.0 Å². The molecule has 6 nitrogen and oxygen atoms in total. The van der Waals surface area contributed by atoms with Crippen LogP contribution in [0.25, 0.3) is 0 Å². The molecule has 0 saturated carbocycles. The molecule has 0 fully saturated rings. The van der Waals surface area contributed by atoms with Gasteiger partial charge in [0.05, 0.1) is 0 Å². The Kier molecular flexibility index (Phi) is 6.17. The van der Waals surface area contributed by atoms with Crippen molar-refractivity contribution < 1.29 is 4.74 Å². The Hall–Kier alpha value is -2.34. The van der Waals surface area contributed by atoms with E-state index in [0.29, 0.717) is 18.1 Å². The van der Waals surface area contributed by atoms with Crippen LogP contribution in [0.5, 0.6) is 0 Å². The highest BCUT2D eigenvalue weighted by atomic mass is 16.5. The van der Waals surface area contributed by atoms with Gasteiger partial charge in [0, 0.05) is 32.5 Å². The molecule has 0 bridgehead atoms. The van der Waals surface area contributed by atoms with E-state index in [2.05, 4.69) is 52.2 Å². The molecule has 1 heterocycles. The van der Waals surface area contributed by atoms with Gasteiger partial charge >= 0.3 is 0 Å². The molecular weight excluding hydrogens is 290 g/mol. The molecule has 2 aromatic rings. The second-order valence-corrected chi connectivity index (χ2v) is 5.32. The highest BCUT2D eigenvalue weighted by Crippen LogP contribution is 2.31. The lowest BCUT2D eigenvalue weighted by Gasteiger charge is -2.24. The summed E-state index contributed by atoms with van der Waals surface area (Å²) >= 11 is 0. The molecule has 0 atom stereocenters. The molecular formula is C17H25N5O. The van der Waals surface area contributed by atoms with E-state index in [1.165, 1.54) is 5.56 Å². The van der Waals surface area contributed by atoms with Crippen molar-refractivity contribution in [2.24, 2.45) is 0 Å². The second kappa shape index (κ2) is 8.33. The molecule has 0 aliphatic carbocycles. The van der Waals surface area contributed by atoms with Crippen LogP contribution in [-0.4, -0.2) is 36.8 Å². The van der Waals surface area contributed by atoms with E-state index in [4.69, 9.17) is 10.5 Å². The normalized spacial score (nSPS) is 10.6. The molecule has 6 heteroatoms. The summed E-state index contributed by atoms with van der Waals surface area (Å²) in [6.07, 6.45) is 2.44. The number of anilines is 4. The van der Waals surface area contributed by atoms with E-state index < -0.39 is 0 Å². The number of aryl methyl sites for hydroxylation is 1. The summed E-state index contributed by atoms with van der Waals surface area (Å²) in [7, 11) is 1.69. The molecule has 124 valence electrons. The Morgan fingerprint density at radius 2 is 2.13 bits per heavy atom. The summed E-state index contributed by atoms with van der Waals surface area (Å²) in [5, 5.41) is 3.25. The summed E-state index contributed by atoms with van der Waals surface area (Å²) in [5.74, 6) is 1.39. The van der Waals surface area contributed by atoms with Gasteiger partial charge in [0.2, 0.25) is 0 Å². The lowest BCUT2D eigenvalue weighted by molar-refractivity contribution is 0.198. The molecule has 0 radical (unpaired) electrons. The first-order valence-electron chi connectivity index (χ1n) is 7.84. The topological polar surface area (TPSA) is 76.3 Å². The number of nitrogens with zero attached hydrogens (tertiary/aromatic N) is 3. The van der Waals surface area contributed by atoms with Crippen LogP contribution in [-0.2, 0) is 4.74 Å². The molecule has 23 heavy (non-hydrogen) atoms. The van der Waals surface area contributed by atoms with E-state index >= 15 is 0 Å². The molecule has 1 aromatic heterocycles. The van der Waals surface area contributed by atoms with Crippen molar-refractivity contribution in [3.63, 3.8) is 0 Å². The average Bonchev–Trinajstić information content (AvgIpc) is 2.55. The maximum Gasteiger partial charge on any atom is 0.161 e. The molecule has 0 aliphatic heterocycles. The Labute approximate surface area is 137 Å². The summed E-state index contributed by atoms with van der Waals surface area (Å²) in [4.78, 5) is 10.7. The van der Waals surface area contributed by atoms with Crippen LogP contribution in [0, 0.1) is 6.92 Å². The molecule has 3 N–H and O–H groups in total. The largest absolute Gasteiger partial charge is 0.393 e.